The first-order chi connectivity index (χ1) is 12.2. The smallest absolute Gasteiger partial charge is 0.256 e. The largest absolute Gasteiger partial charge is 0.287 e. The van der Waals surface area contributed by atoms with Gasteiger partial charge in [-0.05, 0) is 29.7 Å². The summed E-state index contributed by atoms with van der Waals surface area (Å²) in [6, 6.07) is 16.7. The normalized spacial score (nSPS) is 20.3. The van der Waals surface area contributed by atoms with Crippen molar-refractivity contribution in [2.45, 2.75) is 18.9 Å². The van der Waals surface area contributed by atoms with Crippen molar-refractivity contribution in [1.82, 2.24) is 9.91 Å². The number of benzene rings is 2. The molecule has 25 heavy (non-hydrogen) atoms. The molecule has 2 aliphatic heterocycles. The quantitative estimate of drug-likeness (QED) is 0.859. The Balaban J connectivity index is 1.40. The number of hydrogen-bond donors (Lipinski definition) is 0. The maximum atomic E-state index is 13.4. The van der Waals surface area contributed by atoms with E-state index in [1.165, 1.54) is 6.07 Å². The summed E-state index contributed by atoms with van der Waals surface area (Å²) in [5.41, 5.74) is 2.97. The summed E-state index contributed by atoms with van der Waals surface area (Å²) in [5, 5.41) is 6.07. The van der Waals surface area contributed by atoms with Gasteiger partial charge in [-0.15, -0.1) is 0 Å². The lowest BCUT2D eigenvalue weighted by Crippen LogP contribution is -2.46. The molecule has 1 atom stereocenters. The Morgan fingerprint density at radius 1 is 1.12 bits per heavy atom. The van der Waals surface area contributed by atoms with Crippen LogP contribution in [0.5, 0.6) is 0 Å². The predicted octanol–water partition coefficient (Wildman–Crippen LogP) is 3.21. The molecule has 1 saturated heterocycles. The van der Waals surface area contributed by atoms with Gasteiger partial charge in [0.15, 0.2) is 0 Å². The van der Waals surface area contributed by atoms with E-state index >= 15 is 0 Å². The molecule has 0 bridgehead atoms. The van der Waals surface area contributed by atoms with Gasteiger partial charge in [0.25, 0.3) is 5.91 Å². The molecule has 2 heterocycles. The van der Waals surface area contributed by atoms with Crippen LogP contribution in [0.1, 0.15) is 30.0 Å². The lowest BCUT2D eigenvalue weighted by molar-refractivity contribution is -0.134. The van der Waals surface area contributed by atoms with Crippen LogP contribution in [0.3, 0.4) is 0 Å². The standard InChI is InChI=1S/C20H20FN3O/c21-17-8-4-7-16(13-17)19-10-11-23(19)14-20(25)24-12-9-18(22-24)15-5-2-1-3-6-15/h1-8,13,19H,9-12,14H2. The molecule has 0 saturated carbocycles. The van der Waals surface area contributed by atoms with Crippen LogP contribution in [0.25, 0.3) is 0 Å². The van der Waals surface area contributed by atoms with Gasteiger partial charge in [-0.25, -0.2) is 9.40 Å². The molecule has 0 aromatic heterocycles. The summed E-state index contributed by atoms with van der Waals surface area (Å²) in [6.07, 6.45) is 1.73. The van der Waals surface area contributed by atoms with Gasteiger partial charge in [-0.3, -0.25) is 9.69 Å². The van der Waals surface area contributed by atoms with Gasteiger partial charge in [0.1, 0.15) is 5.82 Å². The second-order valence-corrected chi connectivity index (χ2v) is 6.51. The summed E-state index contributed by atoms with van der Waals surface area (Å²) < 4.78 is 13.4. The molecule has 0 spiro atoms. The van der Waals surface area contributed by atoms with Crippen LogP contribution < -0.4 is 0 Å². The minimum Gasteiger partial charge on any atom is -0.287 e. The molecule has 2 aliphatic rings. The molecule has 0 aliphatic carbocycles. The lowest BCUT2D eigenvalue weighted by Gasteiger charge is -2.41. The molecular formula is C20H20FN3O. The van der Waals surface area contributed by atoms with Crippen molar-refractivity contribution in [3.05, 3.63) is 71.5 Å². The zero-order valence-corrected chi connectivity index (χ0v) is 13.9. The molecule has 5 heteroatoms. The monoisotopic (exact) mass is 337 g/mol. The third-order valence-electron chi connectivity index (χ3n) is 4.90. The Bertz CT molecular complexity index is 806. The van der Waals surface area contributed by atoms with Crippen molar-refractivity contribution in [3.63, 3.8) is 0 Å². The minimum absolute atomic E-state index is 0.00651. The zero-order chi connectivity index (χ0) is 17.2. The minimum atomic E-state index is -0.229. The van der Waals surface area contributed by atoms with E-state index < -0.39 is 0 Å². The van der Waals surface area contributed by atoms with E-state index in [1.807, 2.05) is 36.4 Å². The fourth-order valence-corrected chi connectivity index (χ4v) is 3.45. The van der Waals surface area contributed by atoms with E-state index in [-0.39, 0.29) is 17.8 Å². The number of amides is 1. The molecule has 2 aromatic carbocycles. The highest BCUT2D eigenvalue weighted by molar-refractivity contribution is 6.02. The van der Waals surface area contributed by atoms with Gasteiger partial charge in [0.2, 0.25) is 0 Å². The zero-order valence-electron chi connectivity index (χ0n) is 13.9. The predicted molar refractivity (Wildman–Crippen MR) is 94.6 cm³/mol. The highest BCUT2D eigenvalue weighted by Gasteiger charge is 2.33. The van der Waals surface area contributed by atoms with Crippen molar-refractivity contribution in [2.75, 3.05) is 19.6 Å². The van der Waals surface area contributed by atoms with E-state index in [0.717, 1.165) is 36.2 Å². The number of carbonyl (C=O) groups is 1. The van der Waals surface area contributed by atoms with Gasteiger partial charge >= 0.3 is 0 Å². The maximum Gasteiger partial charge on any atom is 0.256 e. The van der Waals surface area contributed by atoms with Gasteiger partial charge in [-0.1, -0.05) is 42.5 Å². The summed E-state index contributed by atoms with van der Waals surface area (Å²) in [5.74, 6) is -0.223. The fraction of sp³-hybridized carbons (Fsp3) is 0.300. The van der Waals surface area contributed by atoms with Crippen molar-refractivity contribution < 1.29 is 9.18 Å². The van der Waals surface area contributed by atoms with Crippen molar-refractivity contribution >= 4 is 11.6 Å². The number of nitrogens with zero attached hydrogens (tertiary/aromatic N) is 3. The Morgan fingerprint density at radius 3 is 2.68 bits per heavy atom. The van der Waals surface area contributed by atoms with Crippen LogP contribution in [0.15, 0.2) is 59.7 Å². The third-order valence-corrected chi connectivity index (χ3v) is 4.90. The second-order valence-electron chi connectivity index (χ2n) is 6.51. The summed E-state index contributed by atoms with van der Waals surface area (Å²) in [4.78, 5) is 14.7. The maximum absolute atomic E-state index is 13.4. The number of hydrazone groups is 1. The first kappa shape index (κ1) is 16.0. The molecule has 1 fully saturated rings. The first-order valence-corrected chi connectivity index (χ1v) is 8.63. The molecule has 4 rings (SSSR count). The molecule has 2 aromatic rings. The number of carbonyl (C=O) groups excluding carboxylic acids is 1. The van der Waals surface area contributed by atoms with E-state index in [9.17, 15) is 9.18 Å². The SMILES string of the molecule is O=C(CN1CCC1c1cccc(F)c1)N1CCC(c2ccccc2)=N1. The van der Waals surface area contributed by atoms with Gasteiger partial charge < -0.3 is 0 Å². The molecule has 1 unspecified atom stereocenters. The molecule has 0 N–H and O–H groups in total. The molecule has 1 amide bonds. The summed E-state index contributed by atoms with van der Waals surface area (Å²) >= 11 is 0. The van der Waals surface area contributed by atoms with Crippen molar-refractivity contribution in [2.24, 2.45) is 5.10 Å². The van der Waals surface area contributed by atoms with Crippen LogP contribution in [-0.2, 0) is 4.79 Å². The van der Waals surface area contributed by atoms with Gasteiger partial charge in [0.05, 0.1) is 18.8 Å². The highest BCUT2D eigenvalue weighted by atomic mass is 19.1. The summed E-state index contributed by atoms with van der Waals surface area (Å²) in [6.45, 7) is 1.81. The average molecular weight is 337 g/mol. The molecule has 4 nitrogen and oxygen atoms in total. The number of likely N-dealkylation sites (tertiary alicyclic amines) is 1. The van der Waals surface area contributed by atoms with Crippen molar-refractivity contribution in [3.8, 4) is 0 Å². The Labute approximate surface area is 146 Å². The number of rotatable bonds is 4. The number of hydrogen-bond acceptors (Lipinski definition) is 3. The fourth-order valence-electron chi connectivity index (χ4n) is 3.45. The van der Waals surface area contributed by atoms with Crippen LogP contribution in [-0.4, -0.2) is 41.2 Å². The third kappa shape index (κ3) is 3.33. The van der Waals surface area contributed by atoms with E-state index in [0.29, 0.717) is 13.1 Å². The van der Waals surface area contributed by atoms with E-state index in [1.54, 1.807) is 17.1 Å². The Kier molecular flexibility index (Phi) is 4.32. The van der Waals surface area contributed by atoms with Crippen LogP contribution >= 0.6 is 0 Å². The molecular weight excluding hydrogens is 317 g/mol. The second kappa shape index (κ2) is 6.76. The Hall–Kier alpha value is -2.53. The summed E-state index contributed by atoms with van der Waals surface area (Å²) in [7, 11) is 0. The Morgan fingerprint density at radius 2 is 1.96 bits per heavy atom. The van der Waals surface area contributed by atoms with Crippen LogP contribution in [0.2, 0.25) is 0 Å². The molecule has 0 radical (unpaired) electrons. The number of halogens is 1. The van der Waals surface area contributed by atoms with Crippen LogP contribution in [0, 0.1) is 5.82 Å². The highest BCUT2D eigenvalue weighted by Crippen LogP contribution is 2.33. The molecule has 128 valence electrons. The topological polar surface area (TPSA) is 35.9 Å². The lowest BCUT2D eigenvalue weighted by atomic mass is 9.94. The van der Waals surface area contributed by atoms with Gasteiger partial charge in [0, 0.05) is 19.0 Å². The van der Waals surface area contributed by atoms with Crippen molar-refractivity contribution in [1.29, 1.82) is 0 Å². The van der Waals surface area contributed by atoms with E-state index in [2.05, 4.69) is 10.0 Å². The van der Waals surface area contributed by atoms with Crippen LogP contribution in [0.4, 0.5) is 4.39 Å². The van der Waals surface area contributed by atoms with Gasteiger partial charge in [-0.2, -0.15) is 5.10 Å². The first-order valence-electron chi connectivity index (χ1n) is 8.63. The average Bonchev–Trinajstić information content (AvgIpc) is 3.10. The van der Waals surface area contributed by atoms with E-state index in [4.69, 9.17) is 0 Å².